The molecule has 2 rings (SSSR count). The molecule has 0 spiro atoms. The van der Waals surface area contributed by atoms with Crippen LogP contribution in [0.2, 0.25) is 0 Å². The summed E-state index contributed by atoms with van der Waals surface area (Å²) in [6, 6.07) is 0.326. The number of amides is 1. The third kappa shape index (κ3) is 1.50. The van der Waals surface area contributed by atoms with Gasteiger partial charge in [-0.05, 0) is 25.7 Å². The SMILES string of the molecule is C=COC(=O)N1C2CCC1CC(O)C2. The number of hydrogen-bond donors (Lipinski definition) is 1. The van der Waals surface area contributed by atoms with Crippen LogP contribution >= 0.6 is 0 Å². The maximum absolute atomic E-state index is 11.5. The molecule has 0 aliphatic carbocycles. The van der Waals surface area contributed by atoms with Gasteiger partial charge in [-0.1, -0.05) is 6.58 Å². The minimum absolute atomic E-state index is 0.163. The van der Waals surface area contributed by atoms with Gasteiger partial charge in [-0.25, -0.2) is 4.79 Å². The lowest BCUT2D eigenvalue weighted by molar-refractivity contribution is 0.0361. The highest BCUT2D eigenvalue weighted by atomic mass is 16.5. The molecule has 0 aromatic heterocycles. The van der Waals surface area contributed by atoms with Gasteiger partial charge >= 0.3 is 6.09 Å². The Bertz CT molecular complexity index is 240. The zero-order valence-electron chi connectivity index (χ0n) is 8.06. The molecule has 4 nitrogen and oxygen atoms in total. The van der Waals surface area contributed by atoms with E-state index in [0.29, 0.717) is 12.8 Å². The summed E-state index contributed by atoms with van der Waals surface area (Å²) >= 11 is 0. The largest absolute Gasteiger partial charge is 0.419 e. The van der Waals surface area contributed by atoms with Gasteiger partial charge in [0.15, 0.2) is 0 Å². The first-order chi connectivity index (χ1) is 6.72. The van der Waals surface area contributed by atoms with Crippen LogP contribution in [0.3, 0.4) is 0 Å². The van der Waals surface area contributed by atoms with E-state index >= 15 is 0 Å². The Morgan fingerprint density at radius 1 is 1.43 bits per heavy atom. The van der Waals surface area contributed by atoms with E-state index in [1.54, 1.807) is 4.90 Å². The monoisotopic (exact) mass is 197 g/mol. The van der Waals surface area contributed by atoms with E-state index in [1.165, 1.54) is 0 Å². The Kier molecular flexibility index (Phi) is 2.46. The van der Waals surface area contributed by atoms with Crippen LogP contribution in [0.4, 0.5) is 4.79 Å². The van der Waals surface area contributed by atoms with Gasteiger partial charge in [0.25, 0.3) is 0 Å². The smallest absolute Gasteiger partial charge is 0.415 e. The molecule has 2 bridgehead atoms. The number of hydrogen-bond acceptors (Lipinski definition) is 3. The molecule has 2 aliphatic heterocycles. The zero-order valence-corrected chi connectivity index (χ0v) is 8.06. The molecule has 2 unspecified atom stereocenters. The van der Waals surface area contributed by atoms with Gasteiger partial charge in [-0.2, -0.15) is 0 Å². The van der Waals surface area contributed by atoms with E-state index in [4.69, 9.17) is 4.74 Å². The van der Waals surface area contributed by atoms with Crippen molar-refractivity contribution in [2.45, 2.75) is 43.9 Å². The third-order valence-corrected chi connectivity index (χ3v) is 3.10. The normalized spacial score (nSPS) is 35.5. The van der Waals surface area contributed by atoms with Crippen molar-refractivity contribution in [3.8, 4) is 0 Å². The van der Waals surface area contributed by atoms with E-state index < -0.39 is 0 Å². The molecule has 1 amide bonds. The Hall–Kier alpha value is -1.03. The highest BCUT2D eigenvalue weighted by Crippen LogP contribution is 2.36. The van der Waals surface area contributed by atoms with Gasteiger partial charge in [0, 0.05) is 12.1 Å². The first-order valence-electron chi connectivity index (χ1n) is 5.00. The molecule has 1 N–H and O–H groups in total. The molecule has 2 aliphatic rings. The van der Waals surface area contributed by atoms with Crippen LogP contribution < -0.4 is 0 Å². The number of ether oxygens (including phenoxy) is 1. The van der Waals surface area contributed by atoms with Gasteiger partial charge in [0.1, 0.15) is 0 Å². The van der Waals surface area contributed by atoms with Crippen LogP contribution in [-0.4, -0.2) is 34.3 Å². The molecule has 2 atom stereocenters. The van der Waals surface area contributed by atoms with E-state index in [2.05, 4.69) is 6.58 Å². The third-order valence-electron chi connectivity index (χ3n) is 3.10. The van der Waals surface area contributed by atoms with Crippen molar-refractivity contribution in [1.82, 2.24) is 4.90 Å². The molecule has 0 aromatic rings. The Balaban J connectivity index is 2.07. The number of carbonyl (C=O) groups is 1. The topological polar surface area (TPSA) is 49.8 Å². The highest BCUT2D eigenvalue weighted by molar-refractivity contribution is 5.69. The summed E-state index contributed by atoms with van der Waals surface area (Å²) < 4.78 is 4.77. The maximum atomic E-state index is 11.5. The fraction of sp³-hybridized carbons (Fsp3) is 0.700. The van der Waals surface area contributed by atoms with Crippen LogP contribution in [0, 0.1) is 0 Å². The van der Waals surface area contributed by atoms with E-state index in [0.717, 1.165) is 19.1 Å². The lowest BCUT2D eigenvalue weighted by atomic mass is 10.0. The minimum atomic E-state index is -0.320. The van der Waals surface area contributed by atoms with E-state index in [-0.39, 0.29) is 24.3 Å². The van der Waals surface area contributed by atoms with Crippen molar-refractivity contribution in [3.63, 3.8) is 0 Å². The predicted octanol–water partition coefficient (Wildman–Crippen LogP) is 1.25. The number of nitrogens with zero attached hydrogens (tertiary/aromatic N) is 1. The number of piperidine rings is 1. The first kappa shape index (κ1) is 9.52. The fourth-order valence-corrected chi connectivity index (χ4v) is 2.58. The van der Waals surface area contributed by atoms with Crippen LogP contribution in [0.5, 0.6) is 0 Å². The molecule has 78 valence electrons. The van der Waals surface area contributed by atoms with Crippen LogP contribution in [0.15, 0.2) is 12.8 Å². The number of rotatable bonds is 1. The molecule has 0 radical (unpaired) electrons. The van der Waals surface area contributed by atoms with Crippen LogP contribution in [-0.2, 0) is 4.74 Å². The first-order valence-corrected chi connectivity index (χ1v) is 5.00. The summed E-state index contributed by atoms with van der Waals surface area (Å²) in [4.78, 5) is 13.3. The standard InChI is InChI=1S/C10H15NO3/c1-2-14-10(13)11-7-3-4-8(11)6-9(12)5-7/h2,7-9,12H,1,3-6H2. The fourth-order valence-electron chi connectivity index (χ4n) is 2.58. The Morgan fingerprint density at radius 2 is 2.00 bits per heavy atom. The minimum Gasteiger partial charge on any atom is -0.419 e. The molecule has 2 fully saturated rings. The summed E-state index contributed by atoms with van der Waals surface area (Å²) in [6.07, 6.45) is 3.92. The van der Waals surface area contributed by atoms with Gasteiger partial charge in [-0.3, -0.25) is 0 Å². The van der Waals surface area contributed by atoms with Crippen molar-refractivity contribution in [3.05, 3.63) is 12.8 Å². The molecule has 2 saturated heterocycles. The number of carbonyl (C=O) groups excluding carboxylic acids is 1. The zero-order chi connectivity index (χ0) is 10.1. The predicted molar refractivity (Wildman–Crippen MR) is 50.6 cm³/mol. The average molecular weight is 197 g/mol. The van der Waals surface area contributed by atoms with Crippen LogP contribution in [0.25, 0.3) is 0 Å². The van der Waals surface area contributed by atoms with Crippen LogP contribution in [0.1, 0.15) is 25.7 Å². The highest BCUT2D eigenvalue weighted by Gasteiger charge is 2.43. The average Bonchev–Trinajstić information content (AvgIpc) is 2.39. The molecular weight excluding hydrogens is 182 g/mol. The Morgan fingerprint density at radius 3 is 2.50 bits per heavy atom. The van der Waals surface area contributed by atoms with Crippen molar-refractivity contribution < 1.29 is 14.6 Å². The van der Waals surface area contributed by atoms with Crippen molar-refractivity contribution in [2.24, 2.45) is 0 Å². The van der Waals surface area contributed by atoms with Crippen molar-refractivity contribution in [2.75, 3.05) is 0 Å². The number of aliphatic hydroxyl groups excluding tert-OH is 1. The number of fused-ring (bicyclic) bond motifs is 2. The van der Waals surface area contributed by atoms with Gasteiger partial charge in [-0.15, -0.1) is 0 Å². The van der Waals surface area contributed by atoms with Gasteiger partial charge in [0.05, 0.1) is 12.4 Å². The molecular formula is C10H15NO3. The molecule has 2 heterocycles. The van der Waals surface area contributed by atoms with Crippen molar-refractivity contribution in [1.29, 1.82) is 0 Å². The second-order valence-electron chi connectivity index (χ2n) is 3.97. The van der Waals surface area contributed by atoms with Gasteiger partial charge in [0.2, 0.25) is 0 Å². The van der Waals surface area contributed by atoms with Crippen molar-refractivity contribution >= 4 is 6.09 Å². The lowest BCUT2D eigenvalue weighted by Gasteiger charge is -2.35. The summed E-state index contributed by atoms with van der Waals surface area (Å²) in [6.45, 7) is 3.36. The summed E-state index contributed by atoms with van der Waals surface area (Å²) in [7, 11) is 0. The van der Waals surface area contributed by atoms with E-state index in [1.807, 2.05) is 0 Å². The Labute approximate surface area is 83.2 Å². The molecule has 0 aromatic carbocycles. The number of aliphatic hydroxyl groups is 1. The molecule has 14 heavy (non-hydrogen) atoms. The second kappa shape index (κ2) is 3.61. The molecule has 0 saturated carbocycles. The summed E-state index contributed by atoms with van der Waals surface area (Å²) in [5, 5.41) is 9.52. The summed E-state index contributed by atoms with van der Waals surface area (Å²) in [5.41, 5.74) is 0. The maximum Gasteiger partial charge on any atom is 0.415 e. The quantitative estimate of drug-likeness (QED) is 0.644. The molecule has 4 heteroatoms. The second-order valence-corrected chi connectivity index (χ2v) is 3.97. The van der Waals surface area contributed by atoms with Gasteiger partial charge < -0.3 is 14.7 Å². The lowest BCUT2D eigenvalue weighted by Crippen LogP contribution is -2.47. The summed E-state index contributed by atoms with van der Waals surface area (Å²) in [5.74, 6) is 0. The van der Waals surface area contributed by atoms with E-state index in [9.17, 15) is 9.90 Å².